The van der Waals surface area contributed by atoms with Gasteiger partial charge in [-0.1, -0.05) is 18.2 Å². The molecule has 0 bridgehead atoms. The Kier molecular flexibility index (Phi) is 2.67. The van der Waals surface area contributed by atoms with Gasteiger partial charge in [0.25, 0.3) is 0 Å². The van der Waals surface area contributed by atoms with Crippen molar-refractivity contribution in [1.82, 2.24) is 5.32 Å². The number of hydrogen-bond acceptors (Lipinski definition) is 2. The molecule has 1 heterocycles. The van der Waals surface area contributed by atoms with Gasteiger partial charge in [-0.2, -0.15) is 0 Å². The minimum atomic E-state index is 0.217. The SMILES string of the molecule is CC(C)(C)NCC1CC12CCOc1ccccc12. The van der Waals surface area contributed by atoms with Gasteiger partial charge in [-0.3, -0.25) is 0 Å². The highest BCUT2D eigenvalue weighted by atomic mass is 16.5. The fraction of sp³-hybridized carbons (Fsp3) is 0.625. The summed E-state index contributed by atoms with van der Waals surface area (Å²) in [7, 11) is 0. The highest BCUT2D eigenvalue weighted by molar-refractivity contribution is 5.46. The third-order valence-corrected chi connectivity index (χ3v) is 4.34. The molecule has 1 aromatic carbocycles. The molecule has 0 aromatic heterocycles. The van der Waals surface area contributed by atoms with E-state index in [1.807, 2.05) is 0 Å². The number of rotatable bonds is 2. The van der Waals surface area contributed by atoms with E-state index in [1.54, 1.807) is 0 Å². The van der Waals surface area contributed by atoms with Gasteiger partial charge in [0.15, 0.2) is 0 Å². The van der Waals surface area contributed by atoms with Crippen molar-refractivity contribution in [2.24, 2.45) is 5.92 Å². The van der Waals surface area contributed by atoms with Crippen molar-refractivity contribution in [3.63, 3.8) is 0 Å². The first-order valence-electron chi connectivity index (χ1n) is 6.99. The normalized spacial score (nSPS) is 29.8. The predicted molar refractivity (Wildman–Crippen MR) is 74.1 cm³/mol. The number of fused-ring (bicyclic) bond motifs is 2. The minimum absolute atomic E-state index is 0.217. The number of hydrogen-bond donors (Lipinski definition) is 1. The maximum atomic E-state index is 5.77. The van der Waals surface area contributed by atoms with E-state index >= 15 is 0 Å². The molecule has 1 aliphatic heterocycles. The van der Waals surface area contributed by atoms with Crippen molar-refractivity contribution in [2.75, 3.05) is 13.2 Å². The second-order valence-electron chi connectivity index (χ2n) is 6.78. The largest absolute Gasteiger partial charge is 0.493 e. The quantitative estimate of drug-likeness (QED) is 0.864. The monoisotopic (exact) mass is 245 g/mol. The number of ether oxygens (including phenoxy) is 1. The van der Waals surface area contributed by atoms with Gasteiger partial charge in [0.1, 0.15) is 5.75 Å². The molecule has 2 heteroatoms. The molecule has 1 aromatic rings. The van der Waals surface area contributed by atoms with Crippen LogP contribution in [0, 0.1) is 5.92 Å². The van der Waals surface area contributed by atoms with Gasteiger partial charge >= 0.3 is 0 Å². The molecule has 1 saturated carbocycles. The van der Waals surface area contributed by atoms with Crippen molar-refractivity contribution in [3.8, 4) is 5.75 Å². The molecule has 1 N–H and O–H groups in total. The van der Waals surface area contributed by atoms with Crippen LogP contribution in [0.4, 0.5) is 0 Å². The fourth-order valence-corrected chi connectivity index (χ4v) is 3.20. The molecule has 98 valence electrons. The number of para-hydroxylation sites is 1. The Morgan fingerprint density at radius 3 is 2.89 bits per heavy atom. The van der Waals surface area contributed by atoms with Gasteiger partial charge in [-0.25, -0.2) is 0 Å². The molecule has 2 atom stereocenters. The van der Waals surface area contributed by atoms with E-state index in [0.29, 0.717) is 5.41 Å². The average Bonchev–Trinajstić information content (AvgIpc) is 3.01. The molecule has 0 saturated heterocycles. The van der Waals surface area contributed by atoms with Crippen LogP contribution < -0.4 is 10.1 Å². The van der Waals surface area contributed by atoms with E-state index in [-0.39, 0.29) is 5.54 Å². The second-order valence-corrected chi connectivity index (χ2v) is 6.78. The van der Waals surface area contributed by atoms with Gasteiger partial charge < -0.3 is 10.1 Å². The van der Waals surface area contributed by atoms with E-state index < -0.39 is 0 Å². The van der Waals surface area contributed by atoms with Crippen molar-refractivity contribution in [2.45, 2.75) is 44.6 Å². The first-order chi connectivity index (χ1) is 8.51. The van der Waals surface area contributed by atoms with Crippen molar-refractivity contribution in [1.29, 1.82) is 0 Å². The standard InChI is InChI=1S/C16H23NO/c1-15(2,3)17-11-12-10-16(12)8-9-18-14-7-5-4-6-13(14)16/h4-7,12,17H,8-11H2,1-3H3. The molecule has 2 nitrogen and oxygen atoms in total. The van der Waals surface area contributed by atoms with Gasteiger partial charge in [-0.05, 0) is 52.1 Å². The topological polar surface area (TPSA) is 21.3 Å². The Hall–Kier alpha value is -1.02. The second kappa shape index (κ2) is 3.99. The van der Waals surface area contributed by atoms with Crippen LogP contribution in [-0.4, -0.2) is 18.7 Å². The van der Waals surface area contributed by atoms with Crippen LogP contribution in [0.3, 0.4) is 0 Å². The fourth-order valence-electron chi connectivity index (χ4n) is 3.20. The van der Waals surface area contributed by atoms with Gasteiger partial charge in [0.2, 0.25) is 0 Å². The van der Waals surface area contributed by atoms with Crippen molar-refractivity contribution < 1.29 is 4.74 Å². The lowest BCUT2D eigenvalue weighted by molar-refractivity contribution is 0.251. The van der Waals surface area contributed by atoms with Crippen LogP contribution in [0.1, 0.15) is 39.2 Å². The van der Waals surface area contributed by atoms with Gasteiger partial charge in [0, 0.05) is 16.5 Å². The van der Waals surface area contributed by atoms with Crippen LogP contribution in [-0.2, 0) is 5.41 Å². The summed E-state index contributed by atoms with van der Waals surface area (Å²) >= 11 is 0. The summed E-state index contributed by atoms with van der Waals surface area (Å²) in [6, 6.07) is 8.58. The maximum Gasteiger partial charge on any atom is 0.123 e. The summed E-state index contributed by atoms with van der Waals surface area (Å²) in [5, 5.41) is 3.65. The molecule has 1 fully saturated rings. The van der Waals surface area contributed by atoms with Crippen LogP contribution in [0.15, 0.2) is 24.3 Å². The molecule has 2 aliphatic rings. The minimum Gasteiger partial charge on any atom is -0.493 e. The van der Waals surface area contributed by atoms with Crippen LogP contribution in [0.5, 0.6) is 5.75 Å². The summed E-state index contributed by atoms with van der Waals surface area (Å²) in [4.78, 5) is 0. The lowest BCUT2D eigenvalue weighted by Crippen LogP contribution is -2.38. The first kappa shape index (κ1) is 12.0. The Morgan fingerprint density at radius 1 is 1.33 bits per heavy atom. The van der Waals surface area contributed by atoms with Crippen LogP contribution >= 0.6 is 0 Å². The first-order valence-corrected chi connectivity index (χ1v) is 6.99. The third-order valence-electron chi connectivity index (χ3n) is 4.34. The molecule has 0 radical (unpaired) electrons. The smallest absolute Gasteiger partial charge is 0.123 e. The van der Waals surface area contributed by atoms with Crippen molar-refractivity contribution >= 4 is 0 Å². The zero-order chi connectivity index (χ0) is 12.8. The summed E-state index contributed by atoms with van der Waals surface area (Å²) in [5.74, 6) is 1.89. The van der Waals surface area contributed by atoms with Crippen molar-refractivity contribution in [3.05, 3.63) is 29.8 Å². The summed E-state index contributed by atoms with van der Waals surface area (Å²) in [5.41, 5.74) is 2.07. The number of benzene rings is 1. The molecule has 3 rings (SSSR count). The third kappa shape index (κ3) is 2.03. The highest BCUT2D eigenvalue weighted by Crippen LogP contribution is 2.60. The predicted octanol–water partition coefficient (Wildman–Crippen LogP) is 3.11. The lowest BCUT2D eigenvalue weighted by Gasteiger charge is -2.28. The Labute approximate surface area is 110 Å². The molecular weight excluding hydrogens is 222 g/mol. The van der Waals surface area contributed by atoms with E-state index in [1.165, 1.54) is 18.4 Å². The van der Waals surface area contributed by atoms with E-state index in [9.17, 15) is 0 Å². The Balaban J connectivity index is 1.75. The summed E-state index contributed by atoms with van der Waals surface area (Å²) < 4.78 is 5.77. The molecule has 1 aliphatic carbocycles. The zero-order valence-corrected chi connectivity index (χ0v) is 11.6. The van der Waals surface area contributed by atoms with E-state index in [4.69, 9.17) is 4.74 Å². The lowest BCUT2D eigenvalue weighted by atomic mass is 9.87. The molecule has 0 amide bonds. The Morgan fingerprint density at radius 2 is 2.11 bits per heavy atom. The Bertz CT molecular complexity index is 449. The maximum absolute atomic E-state index is 5.77. The van der Waals surface area contributed by atoms with Gasteiger partial charge in [0.05, 0.1) is 6.61 Å². The summed E-state index contributed by atoms with van der Waals surface area (Å²) in [6.07, 6.45) is 2.50. The van der Waals surface area contributed by atoms with E-state index in [0.717, 1.165) is 24.8 Å². The summed E-state index contributed by atoms with van der Waals surface area (Å²) in [6.45, 7) is 8.71. The zero-order valence-electron chi connectivity index (χ0n) is 11.6. The molecule has 18 heavy (non-hydrogen) atoms. The highest BCUT2D eigenvalue weighted by Gasteiger charge is 2.57. The molecular formula is C16H23NO. The van der Waals surface area contributed by atoms with Crippen LogP contribution in [0.25, 0.3) is 0 Å². The average molecular weight is 245 g/mol. The molecule has 1 spiro atoms. The van der Waals surface area contributed by atoms with Gasteiger partial charge in [-0.15, -0.1) is 0 Å². The van der Waals surface area contributed by atoms with E-state index in [2.05, 4.69) is 50.4 Å². The van der Waals surface area contributed by atoms with Crippen LogP contribution in [0.2, 0.25) is 0 Å². The molecule has 2 unspecified atom stereocenters. The number of nitrogens with one attached hydrogen (secondary N) is 1.